The van der Waals surface area contributed by atoms with Crippen LogP contribution in [0.1, 0.15) is 0 Å². The Hall–Kier alpha value is 0.0300. The highest BCUT2D eigenvalue weighted by Crippen LogP contribution is 1.89. The first-order chi connectivity index (χ1) is 4.42. The summed E-state index contributed by atoms with van der Waals surface area (Å²) in [6.07, 6.45) is 0. The second-order valence-electron chi connectivity index (χ2n) is 3.05. The van der Waals surface area contributed by atoms with E-state index in [0.717, 1.165) is 11.0 Å². The third-order valence-corrected chi connectivity index (χ3v) is 1.31. The molecular formula is C5H14NO3S+. The van der Waals surface area contributed by atoms with E-state index in [0.29, 0.717) is 6.61 Å². The predicted molar refractivity (Wildman–Crippen MR) is 39.6 cm³/mol. The predicted octanol–water partition coefficient (Wildman–Crippen LogP) is -0.154. The zero-order valence-electron chi connectivity index (χ0n) is 6.53. The van der Waals surface area contributed by atoms with Gasteiger partial charge in [-0.15, -0.1) is 0 Å². The standard InChI is InChI=1S/C5H13NO3S/c1-6(2,3)4-5-9-10(7)8/h4-5H2,1-3H3/p+1. The number of rotatable bonds is 4. The van der Waals surface area contributed by atoms with Gasteiger partial charge in [-0.05, 0) is 0 Å². The average molecular weight is 168 g/mol. The van der Waals surface area contributed by atoms with Crippen molar-refractivity contribution >= 4 is 11.4 Å². The van der Waals surface area contributed by atoms with Crippen molar-refractivity contribution in [3.05, 3.63) is 0 Å². The van der Waals surface area contributed by atoms with Crippen LogP contribution < -0.4 is 0 Å². The molecule has 0 aromatic carbocycles. The molecule has 0 radical (unpaired) electrons. The van der Waals surface area contributed by atoms with Crippen molar-refractivity contribution in [2.45, 2.75) is 0 Å². The second-order valence-corrected chi connectivity index (χ2v) is 3.72. The maximum Gasteiger partial charge on any atom is 0.302 e. The van der Waals surface area contributed by atoms with E-state index in [4.69, 9.17) is 4.55 Å². The van der Waals surface area contributed by atoms with Crippen molar-refractivity contribution in [3.8, 4) is 0 Å². The number of hydrogen-bond acceptors (Lipinski definition) is 2. The molecule has 1 unspecified atom stereocenters. The molecule has 0 rings (SSSR count). The quantitative estimate of drug-likeness (QED) is 0.469. The monoisotopic (exact) mass is 168 g/mol. The van der Waals surface area contributed by atoms with Crippen LogP contribution in [0.15, 0.2) is 0 Å². The number of hydrogen-bond donors (Lipinski definition) is 1. The zero-order chi connectivity index (χ0) is 8.20. The molecule has 0 amide bonds. The molecule has 10 heavy (non-hydrogen) atoms. The lowest BCUT2D eigenvalue weighted by Crippen LogP contribution is -2.37. The Morgan fingerprint density at radius 2 is 2.00 bits per heavy atom. The van der Waals surface area contributed by atoms with Crippen molar-refractivity contribution in [1.82, 2.24) is 0 Å². The van der Waals surface area contributed by atoms with E-state index in [1.54, 1.807) is 0 Å². The van der Waals surface area contributed by atoms with Crippen LogP contribution in [-0.2, 0) is 15.5 Å². The van der Waals surface area contributed by atoms with Crippen LogP contribution >= 0.6 is 0 Å². The molecule has 1 N–H and O–H groups in total. The van der Waals surface area contributed by atoms with Gasteiger partial charge in [-0.25, -0.2) is 0 Å². The fraction of sp³-hybridized carbons (Fsp3) is 1.00. The molecule has 0 heterocycles. The average Bonchev–Trinajstić information content (AvgIpc) is 1.59. The topological polar surface area (TPSA) is 46.5 Å². The van der Waals surface area contributed by atoms with Gasteiger partial charge in [0.15, 0.2) is 0 Å². The van der Waals surface area contributed by atoms with Crippen LogP contribution in [0, 0.1) is 0 Å². The molecule has 0 aliphatic heterocycles. The molecule has 0 spiro atoms. The summed E-state index contributed by atoms with van der Waals surface area (Å²) < 4.78 is 23.3. The molecule has 5 heteroatoms. The molecule has 0 fully saturated rings. The smallest absolute Gasteiger partial charge is 0.302 e. The highest BCUT2D eigenvalue weighted by atomic mass is 32.2. The van der Waals surface area contributed by atoms with E-state index in [1.165, 1.54) is 0 Å². The fourth-order valence-electron chi connectivity index (χ4n) is 0.382. The summed E-state index contributed by atoms with van der Waals surface area (Å²) in [6, 6.07) is 0. The summed E-state index contributed by atoms with van der Waals surface area (Å²) in [4.78, 5) is 0. The molecule has 0 aliphatic carbocycles. The summed E-state index contributed by atoms with van der Waals surface area (Å²) in [7, 11) is 5.97. The first-order valence-electron chi connectivity index (χ1n) is 2.96. The van der Waals surface area contributed by atoms with E-state index in [9.17, 15) is 4.21 Å². The molecule has 0 saturated carbocycles. The van der Waals surface area contributed by atoms with Gasteiger partial charge in [0.25, 0.3) is 0 Å². The minimum absolute atomic E-state index is 0.312. The largest absolute Gasteiger partial charge is 0.329 e. The summed E-state index contributed by atoms with van der Waals surface area (Å²) >= 11 is -2.11. The van der Waals surface area contributed by atoms with Crippen LogP contribution in [0.2, 0.25) is 0 Å². The lowest BCUT2D eigenvalue weighted by molar-refractivity contribution is -0.870. The summed E-state index contributed by atoms with van der Waals surface area (Å²) in [6.45, 7) is 1.04. The normalized spacial score (nSPS) is 15.2. The Balaban J connectivity index is 3.29. The number of likely N-dealkylation sites (N-methyl/N-ethyl adjacent to an activating group) is 1. The highest BCUT2D eigenvalue weighted by molar-refractivity contribution is 7.74. The van der Waals surface area contributed by atoms with Crippen LogP contribution in [0.3, 0.4) is 0 Å². The van der Waals surface area contributed by atoms with Crippen molar-refractivity contribution < 1.29 is 17.4 Å². The van der Waals surface area contributed by atoms with Gasteiger partial charge in [-0.3, -0.25) is 8.74 Å². The van der Waals surface area contributed by atoms with Gasteiger partial charge in [0, 0.05) is 0 Å². The van der Waals surface area contributed by atoms with Crippen LogP contribution in [0.4, 0.5) is 0 Å². The van der Waals surface area contributed by atoms with Gasteiger partial charge in [0.05, 0.1) is 21.1 Å². The molecule has 0 aliphatic rings. The van der Waals surface area contributed by atoms with Gasteiger partial charge >= 0.3 is 11.4 Å². The van der Waals surface area contributed by atoms with Gasteiger partial charge in [0.1, 0.15) is 13.2 Å². The molecule has 4 nitrogen and oxygen atoms in total. The van der Waals surface area contributed by atoms with Gasteiger partial charge in [-0.1, -0.05) is 0 Å². The first-order valence-corrected chi connectivity index (χ1v) is 3.99. The van der Waals surface area contributed by atoms with Crippen molar-refractivity contribution in [2.75, 3.05) is 34.3 Å². The maximum atomic E-state index is 9.97. The van der Waals surface area contributed by atoms with E-state index in [1.807, 2.05) is 21.1 Å². The van der Waals surface area contributed by atoms with Crippen LogP contribution in [0.5, 0.6) is 0 Å². The zero-order valence-corrected chi connectivity index (χ0v) is 7.35. The Bertz CT molecular complexity index is 121. The lowest BCUT2D eigenvalue weighted by atomic mass is 10.5. The minimum Gasteiger partial charge on any atom is -0.329 e. The second kappa shape index (κ2) is 4.02. The SMILES string of the molecule is C[N+](C)(C)CCOS(=O)O. The Kier molecular flexibility index (Phi) is 4.04. The minimum atomic E-state index is -2.11. The molecule has 1 atom stereocenters. The first kappa shape index (κ1) is 10.0. The number of nitrogens with zero attached hydrogens (tertiary/aromatic N) is 1. The molecule has 62 valence electrons. The Morgan fingerprint density at radius 1 is 1.50 bits per heavy atom. The number of quaternary nitrogens is 1. The van der Waals surface area contributed by atoms with Gasteiger partial charge < -0.3 is 4.48 Å². The van der Waals surface area contributed by atoms with Crippen molar-refractivity contribution in [1.29, 1.82) is 0 Å². The van der Waals surface area contributed by atoms with Gasteiger partial charge in [-0.2, -0.15) is 4.21 Å². The maximum absolute atomic E-state index is 9.97. The molecule has 0 aromatic heterocycles. The van der Waals surface area contributed by atoms with E-state index >= 15 is 0 Å². The Morgan fingerprint density at radius 3 is 2.30 bits per heavy atom. The van der Waals surface area contributed by atoms with Crippen molar-refractivity contribution in [2.24, 2.45) is 0 Å². The highest BCUT2D eigenvalue weighted by Gasteiger charge is 2.06. The van der Waals surface area contributed by atoms with E-state index < -0.39 is 11.4 Å². The van der Waals surface area contributed by atoms with Crippen LogP contribution in [-0.4, -0.2) is 47.5 Å². The van der Waals surface area contributed by atoms with Crippen molar-refractivity contribution in [3.63, 3.8) is 0 Å². The molecular weight excluding hydrogens is 154 g/mol. The third-order valence-electron chi connectivity index (χ3n) is 0.946. The van der Waals surface area contributed by atoms with E-state index in [2.05, 4.69) is 4.18 Å². The molecule has 0 bridgehead atoms. The molecule has 0 saturated heterocycles. The van der Waals surface area contributed by atoms with Gasteiger partial charge in [0.2, 0.25) is 0 Å². The summed E-state index contributed by atoms with van der Waals surface area (Å²) in [5.41, 5.74) is 0. The lowest BCUT2D eigenvalue weighted by Gasteiger charge is -2.22. The Labute approximate surface area is 63.9 Å². The third kappa shape index (κ3) is 8.03. The van der Waals surface area contributed by atoms with E-state index in [-0.39, 0.29) is 0 Å². The molecule has 0 aromatic rings. The fourth-order valence-corrected chi connectivity index (χ4v) is 0.600. The summed E-state index contributed by atoms with van der Waals surface area (Å²) in [5, 5.41) is 0. The van der Waals surface area contributed by atoms with Crippen LogP contribution in [0.25, 0.3) is 0 Å². The summed E-state index contributed by atoms with van der Waals surface area (Å²) in [5.74, 6) is 0.